The summed E-state index contributed by atoms with van der Waals surface area (Å²) in [6.07, 6.45) is 1.21. The number of aliphatic carboxylic acids is 1. The van der Waals surface area contributed by atoms with Crippen molar-refractivity contribution in [2.75, 3.05) is 0 Å². The van der Waals surface area contributed by atoms with Gasteiger partial charge in [0.15, 0.2) is 0 Å². The van der Waals surface area contributed by atoms with Crippen LogP contribution in [0.15, 0.2) is 0 Å². The van der Waals surface area contributed by atoms with Crippen molar-refractivity contribution >= 4 is 17.8 Å². The van der Waals surface area contributed by atoms with Crippen molar-refractivity contribution in [1.82, 2.24) is 4.90 Å². The summed E-state index contributed by atoms with van der Waals surface area (Å²) in [6.45, 7) is 1.36. The zero-order chi connectivity index (χ0) is 12.3. The summed E-state index contributed by atoms with van der Waals surface area (Å²) in [5.41, 5.74) is 0. The number of hydrogen-bond donors (Lipinski definition) is 1. The highest BCUT2D eigenvalue weighted by Gasteiger charge is 2.63. The van der Waals surface area contributed by atoms with Crippen LogP contribution in [-0.2, 0) is 19.1 Å². The number of carbonyl (C=O) groups excluding carboxylic acids is 2. The molecule has 1 N–H and O–H groups in total. The van der Waals surface area contributed by atoms with Gasteiger partial charge in [-0.15, -0.1) is 0 Å². The van der Waals surface area contributed by atoms with Gasteiger partial charge in [-0.1, -0.05) is 0 Å². The van der Waals surface area contributed by atoms with E-state index in [-0.39, 0.29) is 24.0 Å². The Morgan fingerprint density at radius 3 is 2.18 bits per heavy atom. The number of nitrogens with zero attached hydrogens (tertiary/aromatic N) is 1. The molecule has 3 fully saturated rings. The molecule has 3 aliphatic heterocycles. The molecule has 0 aliphatic carbocycles. The van der Waals surface area contributed by atoms with Crippen LogP contribution in [0.3, 0.4) is 0 Å². The monoisotopic (exact) mass is 239 g/mol. The number of amides is 2. The van der Waals surface area contributed by atoms with Crippen LogP contribution in [0.1, 0.15) is 19.8 Å². The van der Waals surface area contributed by atoms with E-state index in [0.717, 1.165) is 17.7 Å². The van der Waals surface area contributed by atoms with Gasteiger partial charge in [-0.25, -0.2) is 4.79 Å². The molecule has 6 heteroatoms. The summed E-state index contributed by atoms with van der Waals surface area (Å²) in [4.78, 5) is 36.0. The van der Waals surface area contributed by atoms with E-state index in [9.17, 15) is 14.4 Å². The third-order valence-electron chi connectivity index (χ3n) is 4.06. The summed E-state index contributed by atoms with van der Waals surface area (Å²) < 4.78 is 5.55. The maximum atomic E-state index is 12.1. The number of ether oxygens (including phenoxy) is 1. The molecule has 0 aromatic carbocycles. The van der Waals surface area contributed by atoms with Crippen LogP contribution in [0.25, 0.3) is 0 Å². The topological polar surface area (TPSA) is 83.9 Å². The van der Waals surface area contributed by atoms with Crippen molar-refractivity contribution in [2.45, 2.75) is 38.0 Å². The third kappa shape index (κ3) is 1.21. The molecule has 3 heterocycles. The first-order chi connectivity index (χ1) is 8.02. The fourth-order valence-corrected chi connectivity index (χ4v) is 3.23. The summed E-state index contributed by atoms with van der Waals surface area (Å²) in [5, 5.41) is 8.91. The van der Waals surface area contributed by atoms with Gasteiger partial charge in [-0.05, 0) is 19.8 Å². The first-order valence-electron chi connectivity index (χ1n) is 5.77. The van der Waals surface area contributed by atoms with E-state index in [1.54, 1.807) is 0 Å². The van der Waals surface area contributed by atoms with E-state index in [2.05, 4.69) is 0 Å². The van der Waals surface area contributed by atoms with Crippen molar-refractivity contribution < 1.29 is 24.2 Å². The molecule has 2 bridgehead atoms. The van der Waals surface area contributed by atoms with Crippen LogP contribution >= 0.6 is 0 Å². The quantitative estimate of drug-likeness (QED) is 0.664. The van der Waals surface area contributed by atoms with Gasteiger partial charge in [0.25, 0.3) is 0 Å². The number of carboxylic acid groups (broad SMARTS) is 1. The fourth-order valence-electron chi connectivity index (χ4n) is 3.23. The largest absolute Gasteiger partial charge is 0.480 e. The minimum atomic E-state index is -1.15. The maximum Gasteiger partial charge on any atom is 0.326 e. The Bertz CT molecular complexity index is 392. The molecule has 0 aromatic rings. The number of carbonyl (C=O) groups is 3. The normalized spacial score (nSPS) is 40.9. The van der Waals surface area contributed by atoms with Crippen LogP contribution in [0.5, 0.6) is 0 Å². The standard InChI is InChI=1S/C11H13NO5/c1-4(11(15)16)12-9(13)7-5-2-3-6(17-5)8(7)10(12)14/h4-8H,2-3H2,1H3,(H,15,16)/t4-,5-,6-,7-,8+/m0/s1. The van der Waals surface area contributed by atoms with Gasteiger partial charge in [-0.3, -0.25) is 14.5 Å². The summed E-state index contributed by atoms with van der Waals surface area (Å²) in [5.74, 6) is -2.78. The van der Waals surface area contributed by atoms with Crippen molar-refractivity contribution in [3.63, 3.8) is 0 Å². The van der Waals surface area contributed by atoms with Gasteiger partial charge in [-0.2, -0.15) is 0 Å². The van der Waals surface area contributed by atoms with Gasteiger partial charge >= 0.3 is 5.97 Å². The van der Waals surface area contributed by atoms with E-state index in [4.69, 9.17) is 9.84 Å². The highest BCUT2D eigenvalue weighted by molar-refractivity contribution is 6.08. The van der Waals surface area contributed by atoms with Gasteiger partial charge in [0, 0.05) is 0 Å². The predicted molar refractivity (Wildman–Crippen MR) is 53.8 cm³/mol. The molecule has 0 radical (unpaired) electrons. The van der Waals surface area contributed by atoms with Crippen LogP contribution in [0, 0.1) is 11.8 Å². The minimum absolute atomic E-state index is 0.188. The number of rotatable bonds is 2. The Morgan fingerprint density at radius 2 is 1.76 bits per heavy atom. The molecule has 3 saturated heterocycles. The second kappa shape index (κ2) is 3.29. The predicted octanol–water partition coefficient (Wildman–Crippen LogP) is -0.378. The second-order valence-electron chi connectivity index (χ2n) is 4.90. The lowest BCUT2D eigenvalue weighted by Crippen LogP contribution is -2.45. The first kappa shape index (κ1) is 10.7. The zero-order valence-electron chi connectivity index (χ0n) is 9.33. The number of hydrogen-bond acceptors (Lipinski definition) is 4. The second-order valence-corrected chi connectivity index (χ2v) is 4.90. The molecule has 0 saturated carbocycles. The van der Waals surface area contributed by atoms with Crippen LogP contribution in [0.2, 0.25) is 0 Å². The minimum Gasteiger partial charge on any atom is -0.480 e. The zero-order valence-corrected chi connectivity index (χ0v) is 9.33. The van der Waals surface area contributed by atoms with E-state index >= 15 is 0 Å². The summed E-state index contributed by atoms with van der Waals surface area (Å²) in [6, 6.07) is -1.08. The average Bonchev–Trinajstić information content (AvgIpc) is 2.92. The van der Waals surface area contributed by atoms with Crippen molar-refractivity contribution in [2.24, 2.45) is 11.8 Å². The first-order valence-corrected chi connectivity index (χ1v) is 5.77. The van der Waals surface area contributed by atoms with Crippen molar-refractivity contribution in [1.29, 1.82) is 0 Å². The molecule has 0 unspecified atom stereocenters. The average molecular weight is 239 g/mol. The van der Waals surface area contributed by atoms with Gasteiger partial charge in [0.1, 0.15) is 6.04 Å². The molecule has 92 valence electrons. The summed E-state index contributed by atoms with van der Waals surface area (Å²) in [7, 11) is 0. The smallest absolute Gasteiger partial charge is 0.326 e. The van der Waals surface area contributed by atoms with Crippen LogP contribution < -0.4 is 0 Å². The Hall–Kier alpha value is -1.43. The molecule has 3 aliphatic rings. The van der Waals surface area contributed by atoms with E-state index < -0.39 is 23.8 Å². The van der Waals surface area contributed by atoms with Crippen LogP contribution in [0.4, 0.5) is 0 Å². The maximum absolute atomic E-state index is 12.1. The highest BCUT2D eigenvalue weighted by Crippen LogP contribution is 2.48. The number of imide groups is 1. The lowest BCUT2D eigenvalue weighted by atomic mass is 9.81. The molecule has 5 atom stereocenters. The molecule has 3 rings (SSSR count). The van der Waals surface area contributed by atoms with E-state index in [1.807, 2.05) is 0 Å². The molecule has 17 heavy (non-hydrogen) atoms. The SMILES string of the molecule is C[C@@H](C(=O)O)N1C(=O)[C@@H]2[C@H](C1=O)[C@@H]1CC[C@@H]2O1. The van der Waals surface area contributed by atoms with Crippen molar-refractivity contribution in [3.8, 4) is 0 Å². The Morgan fingerprint density at radius 1 is 1.29 bits per heavy atom. The molecule has 0 spiro atoms. The highest BCUT2D eigenvalue weighted by atomic mass is 16.5. The number of fused-ring (bicyclic) bond motifs is 5. The summed E-state index contributed by atoms with van der Waals surface area (Å²) >= 11 is 0. The molecule has 6 nitrogen and oxygen atoms in total. The fraction of sp³-hybridized carbons (Fsp3) is 0.727. The molecular weight excluding hydrogens is 226 g/mol. The van der Waals surface area contributed by atoms with Crippen LogP contribution in [-0.4, -0.2) is 46.0 Å². The number of carboxylic acids is 1. The third-order valence-corrected chi connectivity index (χ3v) is 4.06. The lowest BCUT2D eigenvalue weighted by molar-refractivity contribution is -0.155. The van der Waals surface area contributed by atoms with E-state index in [1.165, 1.54) is 6.92 Å². The van der Waals surface area contributed by atoms with Crippen molar-refractivity contribution in [3.05, 3.63) is 0 Å². The van der Waals surface area contributed by atoms with Gasteiger partial charge < -0.3 is 9.84 Å². The lowest BCUT2D eigenvalue weighted by Gasteiger charge is -2.21. The van der Waals surface area contributed by atoms with Gasteiger partial charge in [0.05, 0.1) is 24.0 Å². The Kier molecular flexibility index (Phi) is 2.07. The Labute approximate surface area is 97.5 Å². The molecule has 0 aromatic heterocycles. The molecule has 2 amide bonds. The number of likely N-dealkylation sites (tertiary alicyclic amines) is 1. The van der Waals surface area contributed by atoms with E-state index in [0.29, 0.717) is 0 Å². The van der Waals surface area contributed by atoms with Gasteiger partial charge in [0.2, 0.25) is 11.8 Å². The Balaban J connectivity index is 1.93. The molecular formula is C11H13NO5.